The maximum Gasteiger partial charge on any atom is 0.240 e. The second kappa shape index (κ2) is 4.34. The molecule has 2 fully saturated rings. The minimum atomic E-state index is -0.697. The number of carbonyl (C=O) groups excluding carboxylic acids is 1. The second-order valence-electron chi connectivity index (χ2n) is 5.48. The third-order valence-corrected chi connectivity index (χ3v) is 3.85. The van der Waals surface area contributed by atoms with Crippen LogP contribution >= 0.6 is 0 Å². The summed E-state index contributed by atoms with van der Waals surface area (Å²) in [7, 11) is 0. The molecule has 2 saturated carbocycles. The summed E-state index contributed by atoms with van der Waals surface area (Å²) in [4.78, 5) is 11.7. The molecule has 4 nitrogen and oxygen atoms in total. The summed E-state index contributed by atoms with van der Waals surface area (Å²) in [6.07, 6.45) is 7.64. The first kappa shape index (κ1) is 11.9. The van der Waals surface area contributed by atoms with Gasteiger partial charge in [0.1, 0.15) is 0 Å². The molecule has 16 heavy (non-hydrogen) atoms. The van der Waals surface area contributed by atoms with Crippen molar-refractivity contribution < 1.29 is 9.90 Å². The Bertz CT molecular complexity index is 266. The van der Waals surface area contributed by atoms with Crippen LogP contribution in [0.5, 0.6) is 0 Å². The molecule has 2 aliphatic carbocycles. The molecule has 0 aromatic carbocycles. The van der Waals surface area contributed by atoms with Crippen molar-refractivity contribution in [2.75, 3.05) is 6.54 Å². The van der Waals surface area contributed by atoms with Gasteiger partial charge < -0.3 is 16.2 Å². The van der Waals surface area contributed by atoms with E-state index in [2.05, 4.69) is 5.32 Å². The van der Waals surface area contributed by atoms with E-state index in [9.17, 15) is 9.90 Å². The zero-order valence-corrected chi connectivity index (χ0v) is 9.80. The predicted molar refractivity (Wildman–Crippen MR) is 61.8 cm³/mol. The Kier molecular flexibility index (Phi) is 3.22. The van der Waals surface area contributed by atoms with Crippen molar-refractivity contribution in [3.63, 3.8) is 0 Å². The molecule has 0 radical (unpaired) electrons. The monoisotopic (exact) mass is 226 g/mol. The van der Waals surface area contributed by atoms with Crippen LogP contribution in [0.1, 0.15) is 51.4 Å². The van der Waals surface area contributed by atoms with E-state index in [-0.39, 0.29) is 5.91 Å². The van der Waals surface area contributed by atoms with E-state index in [0.29, 0.717) is 6.54 Å². The van der Waals surface area contributed by atoms with Gasteiger partial charge in [0.25, 0.3) is 0 Å². The number of rotatable bonds is 3. The number of amides is 1. The first-order valence-electron chi connectivity index (χ1n) is 6.34. The standard InChI is InChI=1S/C12H22N2O2/c13-12(7-8-12)10(15)14-9-11(16)5-3-1-2-4-6-11/h16H,1-9,13H2,(H,14,15). The molecular formula is C12H22N2O2. The molecule has 92 valence electrons. The Labute approximate surface area is 96.6 Å². The molecule has 1 amide bonds. The van der Waals surface area contributed by atoms with Gasteiger partial charge in [-0.2, -0.15) is 0 Å². The highest BCUT2D eigenvalue weighted by molar-refractivity contribution is 5.89. The fourth-order valence-corrected chi connectivity index (χ4v) is 2.35. The van der Waals surface area contributed by atoms with Crippen molar-refractivity contribution in [2.24, 2.45) is 5.73 Å². The molecule has 0 heterocycles. The summed E-state index contributed by atoms with van der Waals surface area (Å²) in [6, 6.07) is 0. The third-order valence-electron chi connectivity index (χ3n) is 3.85. The molecule has 2 rings (SSSR count). The molecule has 0 spiro atoms. The first-order valence-corrected chi connectivity index (χ1v) is 6.34. The lowest BCUT2D eigenvalue weighted by Gasteiger charge is -2.27. The molecule has 0 saturated heterocycles. The summed E-state index contributed by atoms with van der Waals surface area (Å²) in [5.41, 5.74) is 4.47. The van der Waals surface area contributed by atoms with Gasteiger partial charge in [-0.1, -0.05) is 25.7 Å². The van der Waals surface area contributed by atoms with E-state index in [4.69, 9.17) is 5.73 Å². The van der Waals surface area contributed by atoms with E-state index < -0.39 is 11.1 Å². The number of hydrogen-bond acceptors (Lipinski definition) is 3. The van der Waals surface area contributed by atoms with E-state index in [1.54, 1.807) is 0 Å². The van der Waals surface area contributed by atoms with Crippen LogP contribution in [-0.2, 0) is 4.79 Å². The Hall–Kier alpha value is -0.610. The van der Waals surface area contributed by atoms with Crippen LogP contribution in [0.3, 0.4) is 0 Å². The van der Waals surface area contributed by atoms with E-state index in [0.717, 1.165) is 38.5 Å². The highest BCUT2D eigenvalue weighted by Gasteiger charge is 2.46. The Morgan fingerprint density at radius 2 is 1.69 bits per heavy atom. The minimum Gasteiger partial charge on any atom is -0.388 e. The van der Waals surface area contributed by atoms with Crippen LogP contribution in [0.15, 0.2) is 0 Å². The maximum absolute atomic E-state index is 11.7. The van der Waals surface area contributed by atoms with Gasteiger partial charge in [0.15, 0.2) is 0 Å². The summed E-state index contributed by atoms with van der Waals surface area (Å²) >= 11 is 0. The average molecular weight is 226 g/mol. The predicted octanol–water partition coefficient (Wildman–Crippen LogP) is 0.679. The number of nitrogens with one attached hydrogen (secondary N) is 1. The Balaban J connectivity index is 1.81. The fraction of sp³-hybridized carbons (Fsp3) is 0.917. The van der Waals surface area contributed by atoms with Crippen molar-refractivity contribution >= 4 is 5.91 Å². The van der Waals surface area contributed by atoms with Gasteiger partial charge in [0, 0.05) is 6.54 Å². The van der Waals surface area contributed by atoms with Gasteiger partial charge in [0.2, 0.25) is 5.91 Å². The van der Waals surface area contributed by atoms with Crippen LogP contribution in [0.2, 0.25) is 0 Å². The lowest BCUT2D eigenvalue weighted by atomic mass is 9.94. The van der Waals surface area contributed by atoms with Crippen molar-refractivity contribution in [1.82, 2.24) is 5.32 Å². The zero-order valence-electron chi connectivity index (χ0n) is 9.80. The summed E-state index contributed by atoms with van der Waals surface area (Å²) < 4.78 is 0. The Morgan fingerprint density at radius 1 is 1.12 bits per heavy atom. The van der Waals surface area contributed by atoms with E-state index >= 15 is 0 Å². The minimum absolute atomic E-state index is 0.0924. The average Bonchev–Trinajstić information content (AvgIpc) is 3.02. The maximum atomic E-state index is 11.7. The van der Waals surface area contributed by atoms with E-state index in [1.807, 2.05) is 0 Å². The quantitative estimate of drug-likeness (QED) is 0.619. The number of aliphatic hydroxyl groups is 1. The van der Waals surface area contributed by atoms with Crippen LogP contribution in [0.4, 0.5) is 0 Å². The molecule has 0 bridgehead atoms. The molecule has 0 aromatic rings. The SMILES string of the molecule is NC1(C(=O)NCC2(O)CCCCCC2)CC1. The highest BCUT2D eigenvalue weighted by atomic mass is 16.3. The van der Waals surface area contributed by atoms with Crippen LogP contribution in [0.25, 0.3) is 0 Å². The lowest BCUT2D eigenvalue weighted by Crippen LogP contribution is -2.49. The van der Waals surface area contributed by atoms with Gasteiger partial charge in [0.05, 0.1) is 11.1 Å². The molecule has 0 aliphatic heterocycles. The van der Waals surface area contributed by atoms with Gasteiger partial charge in [-0.25, -0.2) is 0 Å². The van der Waals surface area contributed by atoms with Crippen molar-refractivity contribution in [2.45, 2.75) is 62.5 Å². The van der Waals surface area contributed by atoms with Gasteiger partial charge in [-0.15, -0.1) is 0 Å². The van der Waals surface area contributed by atoms with Crippen LogP contribution in [0, 0.1) is 0 Å². The highest BCUT2D eigenvalue weighted by Crippen LogP contribution is 2.32. The normalized spacial score (nSPS) is 26.9. The van der Waals surface area contributed by atoms with Crippen molar-refractivity contribution in [3.8, 4) is 0 Å². The first-order chi connectivity index (χ1) is 7.54. The number of hydrogen-bond donors (Lipinski definition) is 3. The summed E-state index contributed by atoms with van der Waals surface area (Å²) in [5, 5.41) is 13.1. The van der Waals surface area contributed by atoms with Crippen LogP contribution < -0.4 is 11.1 Å². The molecule has 0 unspecified atom stereocenters. The van der Waals surface area contributed by atoms with Crippen LogP contribution in [-0.4, -0.2) is 28.7 Å². The van der Waals surface area contributed by atoms with Gasteiger partial charge >= 0.3 is 0 Å². The van der Waals surface area contributed by atoms with E-state index in [1.165, 1.54) is 12.8 Å². The topological polar surface area (TPSA) is 75.4 Å². The second-order valence-corrected chi connectivity index (χ2v) is 5.48. The smallest absolute Gasteiger partial charge is 0.240 e. The molecule has 2 aliphatic rings. The lowest BCUT2D eigenvalue weighted by molar-refractivity contribution is -0.124. The van der Waals surface area contributed by atoms with Crippen molar-refractivity contribution in [3.05, 3.63) is 0 Å². The molecule has 4 N–H and O–H groups in total. The van der Waals surface area contributed by atoms with Crippen molar-refractivity contribution in [1.29, 1.82) is 0 Å². The zero-order chi connectivity index (χ0) is 11.6. The number of nitrogens with two attached hydrogens (primary N) is 1. The fourth-order valence-electron chi connectivity index (χ4n) is 2.35. The largest absolute Gasteiger partial charge is 0.388 e. The summed E-state index contributed by atoms with van der Waals surface area (Å²) in [6.45, 7) is 0.366. The summed E-state index contributed by atoms with van der Waals surface area (Å²) in [5.74, 6) is -0.0924. The molecule has 0 aromatic heterocycles. The van der Waals surface area contributed by atoms with Gasteiger partial charge in [-0.05, 0) is 25.7 Å². The van der Waals surface area contributed by atoms with Gasteiger partial charge in [-0.3, -0.25) is 4.79 Å². The number of carbonyl (C=O) groups is 1. The molecule has 0 atom stereocenters. The molecule has 4 heteroatoms. The third kappa shape index (κ3) is 2.74. The Morgan fingerprint density at radius 3 is 2.19 bits per heavy atom. The molecular weight excluding hydrogens is 204 g/mol.